The number of likely N-dealkylation sites (N-methyl/N-ethyl adjacent to an activating group) is 1. The number of rotatable bonds is 7. The van der Waals surface area contributed by atoms with Gasteiger partial charge in [-0.25, -0.2) is 9.59 Å². The monoisotopic (exact) mass is 527 g/mol. The molecule has 2 N–H and O–H groups in total. The number of hydrogen-bond donors (Lipinski definition) is 2. The van der Waals surface area contributed by atoms with Crippen LogP contribution in [0, 0.1) is 0 Å². The Morgan fingerprint density at radius 1 is 0.974 bits per heavy atom. The van der Waals surface area contributed by atoms with Crippen molar-refractivity contribution >= 4 is 11.9 Å². The molecule has 0 radical (unpaired) electrons. The second kappa shape index (κ2) is 12.2. The van der Waals surface area contributed by atoms with Crippen molar-refractivity contribution in [3.8, 4) is 23.0 Å². The number of carboxylic acids is 2. The van der Waals surface area contributed by atoms with Crippen LogP contribution in [0.1, 0.15) is 31.2 Å². The van der Waals surface area contributed by atoms with E-state index in [1.165, 1.54) is 5.56 Å². The number of fused-ring (bicyclic) bond motifs is 2. The van der Waals surface area contributed by atoms with Crippen molar-refractivity contribution in [2.75, 3.05) is 34.1 Å². The van der Waals surface area contributed by atoms with E-state index in [1.807, 2.05) is 37.4 Å². The molecule has 0 bridgehead atoms. The van der Waals surface area contributed by atoms with E-state index in [0.717, 1.165) is 55.2 Å². The molecule has 1 fully saturated rings. The topological polar surface area (TPSA) is 124 Å². The van der Waals surface area contributed by atoms with Crippen molar-refractivity contribution < 1.29 is 43.5 Å². The van der Waals surface area contributed by atoms with Crippen LogP contribution in [0.15, 0.2) is 54.6 Å². The highest BCUT2D eigenvalue weighted by Crippen LogP contribution is 2.44. The SMILES string of the molecule is COC1(c2ccc3c(c2)OCO3)CCC(N(C)CC2COc3ccccc3O2)CC1.O=C(O)/C=C/C(=O)O. The molecule has 3 aliphatic rings. The lowest BCUT2D eigenvalue weighted by molar-refractivity contribution is -0.134. The summed E-state index contributed by atoms with van der Waals surface area (Å²) in [5.74, 6) is 0.794. The molecule has 2 aromatic rings. The van der Waals surface area contributed by atoms with Gasteiger partial charge in [0.15, 0.2) is 23.0 Å². The van der Waals surface area contributed by atoms with E-state index in [1.54, 1.807) is 0 Å². The Kier molecular flexibility index (Phi) is 8.75. The molecule has 38 heavy (non-hydrogen) atoms. The number of carbonyl (C=O) groups is 2. The van der Waals surface area contributed by atoms with E-state index in [-0.39, 0.29) is 11.7 Å². The van der Waals surface area contributed by atoms with Gasteiger partial charge < -0.3 is 33.9 Å². The van der Waals surface area contributed by atoms with Crippen molar-refractivity contribution in [1.29, 1.82) is 0 Å². The first kappa shape index (κ1) is 27.3. The van der Waals surface area contributed by atoms with E-state index in [4.69, 9.17) is 33.9 Å². The third-order valence-electron chi connectivity index (χ3n) is 7.10. The minimum Gasteiger partial charge on any atom is -0.486 e. The van der Waals surface area contributed by atoms with Gasteiger partial charge in [-0.15, -0.1) is 0 Å². The maximum absolute atomic E-state index is 9.55. The smallest absolute Gasteiger partial charge is 0.328 e. The summed E-state index contributed by atoms with van der Waals surface area (Å²) in [7, 11) is 4.01. The number of hydrogen-bond acceptors (Lipinski definition) is 8. The van der Waals surface area contributed by atoms with Crippen LogP contribution in [0.3, 0.4) is 0 Å². The summed E-state index contributed by atoms with van der Waals surface area (Å²) >= 11 is 0. The van der Waals surface area contributed by atoms with Crippen LogP contribution in [-0.2, 0) is 19.9 Å². The van der Waals surface area contributed by atoms with Crippen LogP contribution in [-0.4, -0.2) is 73.3 Å². The first-order valence-corrected chi connectivity index (χ1v) is 12.5. The molecule has 1 atom stereocenters. The Labute approximate surface area is 221 Å². The number of carboxylic acid groups (broad SMARTS) is 2. The van der Waals surface area contributed by atoms with Gasteiger partial charge in [0, 0.05) is 31.8 Å². The van der Waals surface area contributed by atoms with E-state index >= 15 is 0 Å². The van der Waals surface area contributed by atoms with E-state index in [0.29, 0.717) is 31.6 Å². The molecule has 204 valence electrons. The van der Waals surface area contributed by atoms with Crippen LogP contribution in [0.5, 0.6) is 23.0 Å². The standard InChI is InChI=1S/C24H29NO5.C4H4O4/c1-25(14-19-15-27-20-5-3-4-6-22(20)30-19)18-9-11-24(26-2,12-10-18)17-7-8-21-23(13-17)29-16-28-21;5-3(6)1-2-4(7)8/h3-8,13,18-19H,9-12,14-16H2,1-2H3;1-2H,(H,5,6)(H,7,8)/b;2-1+. The molecule has 0 amide bonds. The largest absolute Gasteiger partial charge is 0.486 e. The van der Waals surface area contributed by atoms with Crippen molar-refractivity contribution in [2.24, 2.45) is 0 Å². The number of aliphatic carboxylic acids is 2. The summed E-state index contributed by atoms with van der Waals surface area (Å²) < 4.78 is 29.1. The number of para-hydroxylation sites is 2. The first-order valence-electron chi connectivity index (χ1n) is 12.5. The van der Waals surface area contributed by atoms with Crippen LogP contribution in [0.25, 0.3) is 0 Å². The molecule has 1 saturated carbocycles. The second-order valence-corrected chi connectivity index (χ2v) is 9.44. The fourth-order valence-corrected chi connectivity index (χ4v) is 5.07. The molecule has 1 aliphatic carbocycles. The Hall–Kier alpha value is -3.76. The van der Waals surface area contributed by atoms with Crippen molar-refractivity contribution in [2.45, 2.75) is 43.4 Å². The van der Waals surface area contributed by atoms with Gasteiger partial charge in [0.2, 0.25) is 6.79 Å². The number of ether oxygens (including phenoxy) is 5. The fraction of sp³-hybridized carbons (Fsp3) is 0.429. The van der Waals surface area contributed by atoms with Crippen LogP contribution >= 0.6 is 0 Å². The minimum absolute atomic E-state index is 0.0490. The normalized spacial score (nSPS) is 23.6. The lowest BCUT2D eigenvalue weighted by atomic mass is 9.77. The average Bonchev–Trinajstić information content (AvgIpc) is 3.40. The van der Waals surface area contributed by atoms with Crippen LogP contribution in [0.2, 0.25) is 0 Å². The van der Waals surface area contributed by atoms with Gasteiger partial charge in [-0.1, -0.05) is 18.2 Å². The molecule has 10 heteroatoms. The third-order valence-corrected chi connectivity index (χ3v) is 7.10. The summed E-state index contributed by atoms with van der Waals surface area (Å²) in [6.45, 7) is 1.74. The van der Waals surface area contributed by atoms with E-state index in [2.05, 4.69) is 24.1 Å². The van der Waals surface area contributed by atoms with Gasteiger partial charge in [-0.05, 0) is 62.6 Å². The zero-order chi connectivity index (χ0) is 27.1. The highest BCUT2D eigenvalue weighted by molar-refractivity contribution is 5.89. The van der Waals surface area contributed by atoms with Crippen LogP contribution < -0.4 is 18.9 Å². The maximum atomic E-state index is 9.55. The quantitative estimate of drug-likeness (QED) is 0.515. The lowest BCUT2D eigenvalue weighted by Crippen LogP contribution is -2.46. The summed E-state index contributed by atoms with van der Waals surface area (Å²) in [6, 6.07) is 14.6. The maximum Gasteiger partial charge on any atom is 0.328 e. The van der Waals surface area contributed by atoms with Gasteiger partial charge in [-0.2, -0.15) is 0 Å². The molecule has 0 aromatic heterocycles. The molecule has 2 aliphatic heterocycles. The molecule has 5 rings (SSSR count). The van der Waals surface area contributed by atoms with Crippen molar-refractivity contribution in [3.63, 3.8) is 0 Å². The molecular weight excluding hydrogens is 494 g/mol. The van der Waals surface area contributed by atoms with Gasteiger partial charge >= 0.3 is 11.9 Å². The number of benzene rings is 2. The number of methoxy groups -OCH3 is 1. The summed E-state index contributed by atoms with van der Waals surface area (Å²) in [4.78, 5) is 21.5. The summed E-state index contributed by atoms with van der Waals surface area (Å²) in [5, 5.41) is 15.6. The molecule has 2 heterocycles. The predicted molar refractivity (Wildman–Crippen MR) is 137 cm³/mol. The van der Waals surface area contributed by atoms with Crippen LogP contribution in [0.4, 0.5) is 0 Å². The molecule has 2 aromatic carbocycles. The fourth-order valence-electron chi connectivity index (χ4n) is 5.07. The van der Waals surface area contributed by atoms with Gasteiger partial charge in [0.1, 0.15) is 12.7 Å². The second-order valence-electron chi connectivity index (χ2n) is 9.44. The minimum atomic E-state index is -1.26. The Morgan fingerprint density at radius 3 is 2.26 bits per heavy atom. The summed E-state index contributed by atoms with van der Waals surface area (Å²) in [6.07, 6.45) is 5.26. The van der Waals surface area contributed by atoms with Crippen molar-refractivity contribution in [1.82, 2.24) is 4.90 Å². The lowest BCUT2D eigenvalue weighted by Gasteiger charge is -2.43. The predicted octanol–water partition coefficient (Wildman–Crippen LogP) is 3.68. The summed E-state index contributed by atoms with van der Waals surface area (Å²) in [5.41, 5.74) is 0.915. The zero-order valence-electron chi connectivity index (χ0n) is 21.5. The van der Waals surface area contributed by atoms with Crippen molar-refractivity contribution in [3.05, 3.63) is 60.2 Å². The molecule has 0 spiro atoms. The third kappa shape index (κ3) is 6.56. The molecule has 10 nitrogen and oxygen atoms in total. The average molecular weight is 528 g/mol. The Bertz CT molecular complexity index is 1140. The van der Waals surface area contributed by atoms with Gasteiger partial charge in [-0.3, -0.25) is 4.90 Å². The Balaban J connectivity index is 0.000000368. The number of nitrogens with zero attached hydrogens (tertiary/aromatic N) is 1. The van der Waals surface area contributed by atoms with Gasteiger partial charge in [0.25, 0.3) is 0 Å². The highest BCUT2D eigenvalue weighted by atomic mass is 16.7. The zero-order valence-corrected chi connectivity index (χ0v) is 21.5. The molecule has 1 unspecified atom stereocenters. The molecule has 0 saturated heterocycles. The van der Waals surface area contributed by atoms with E-state index in [9.17, 15) is 9.59 Å². The van der Waals surface area contributed by atoms with E-state index < -0.39 is 11.9 Å². The van der Waals surface area contributed by atoms with Gasteiger partial charge in [0.05, 0.1) is 5.60 Å². The first-order chi connectivity index (χ1) is 18.3. The Morgan fingerprint density at radius 2 is 1.61 bits per heavy atom. The highest BCUT2D eigenvalue weighted by Gasteiger charge is 2.39. The molecular formula is C28H33NO9.